The average molecular weight is 312 g/mol. The first-order valence-corrected chi connectivity index (χ1v) is 8.62. The highest BCUT2D eigenvalue weighted by atomic mass is 16.4. The number of benzene rings is 1. The third kappa shape index (κ3) is 3.81. The second-order valence-electron chi connectivity index (χ2n) is 6.28. The lowest BCUT2D eigenvalue weighted by atomic mass is 9.94. The summed E-state index contributed by atoms with van der Waals surface area (Å²) in [7, 11) is 0. The second-order valence-corrected chi connectivity index (χ2v) is 6.28. The molecule has 4 nitrogen and oxygen atoms in total. The Morgan fingerprint density at radius 2 is 1.87 bits per heavy atom. The van der Waals surface area contributed by atoms with Gasteiger partial charge in [-0.25, -0.2) is 4.68 Å². The van der Waals surface area contributed by atoms with Gasteiger partial charge in [-0.2, -0.15) is 5.10 Å². The summed E-state index contributed by atoms with van der Waals surface area (Å²) in [5.41, 5.74) is 5.18. The summed E-state index contributed by atoms with van der Waals surface area (Å²) in [5.74, 6) is -0.698. The molecular formula is C19H24N2O2. The minimum Gasteiger partial charge on any atom is -0.481 e. The smallest absolute Gasteiger partial charge is 0.303 e. The van der Waals surface area contributed by atoms with Gasteiger partial charge in [-0.15, -0.1) is 0 Å². The first-order chi connectivity index (χ1) is 11.3. The number of rotatable bonds is 7. The van der Waals surface area contributed by atoms with Gasteiger partial charge >= 0.3 is 5.97 Å². The molecule has 1 heterocycles. The fraction of sp³-hybridized carbons (Fsp3) is 0.474. The van der Waals surface area contributed by atoms with Crippen molar-refractivity contribution in [2.45, 2.75) is 57.8 Å². The molecule has 0 radical (unpaired) electrons. The molecule has 0 unspecified atom stereocenters. The number of carbonyl (C=O) groups is 1. The lowest BCUT2D eigenvalue weighted by Crippen LogP contribution is -2.07. The summed E-state index contributed by atoms with van der Waals surface area (Å²) in [6.45, 7) is 0. The number of aromatic nitrogens is 2. The van der Waals surface area contributed by atoms with Crippen LogP contribution in [0.5, 0.6) is 0 Å². The molecule has 0 amide bonds. The SMILES string of the molecule is O=C(O)CCCCCc1nn(-c2ccccc2)c2c1CCCC2. The molecule has 0 atom stereocenters. The predicted molar refractivity (Wildman–Crippen MR) is 90.0 cm³/mol. The minimum atomic E-state index is -0.698. The van der Waals surface area contributed by atoms with Crippen LogP contribution in [-0.4, -0.2) is 20.9 Å². The number of hydrogen-bond donors (Lipinski definition) is 1. The number of aryl methyl sites for hydroxylation is 1. The van der Waals surface area contributed by atoms with Crippen LogP contribution < -0.4 is 0 Å². The Morgan fingerprint density at radius 3 is 2.65 bits per heavy atom. The lowest BCUT2D eigenvalue weighted by molar-refractivity contribution is -0.137. The number of aliphatic carboxylic acids is 1. The van der Waals surface area contributed by atoms with Crippen LogP contribution in [0.25, 0.3) is 5.69 Å². The van der Waals surface area contributed by atoms with E-state index in [0.29, 0.717) is 0 Å². The van der Waals surface area contributed by atoms with Crippen molar-refractivity contribution in [1.29, 1.82) is 0 Å². The van der Waals surface area contributed by atoms with Gasteiger partial charge in [0, 0.05) is 12.1 Å². The number of unbranched alkanes of at least 4 members (excludes halogenated alkanes) is 2. The van der Waals surface area contributed by atoms with Gasteiger partial charge in [0.1, 0.15) is 0 Å². The molecule has 1 N–H and O–H groups in total. The van der Waals surface area contributed by atoms with Gasteiger partial charge in [-0.3, -0.25) is 4.79 Å². The summed E-state index contributed by atoms with van der Waals surface area (Å²) in [5, 5.41) is 13.6. The van der Waals surface area contributed by atoms with E-state index in [1.165, 1.54) is 29.8 Å². The summed E-state index contributed by atoms with van der Waals surface area (Å²) < 4.78 is 2.13. The Bertz CT molecular complexity index is 662. The number of hydrogen-bond acceptors (Lipinski definition) is 2. The Balaban J connectivity index is 1.73. The molecule has 1 aromatic heterocycles. The largest absolute Gasteiger partial charge is 0.481 e. The fourth-order valence-corrected chi connectivity index (χ4v) is 3.40. The van der Waals surface area contributed by atoms with E-state index < -0.39 is 5.97 Å². The summed E-state index contributed by atoms with van der Waals surface area (Å²) in [6, 6.07) is 10.4. The van der Waals surface area contributed by atoms with Gasteiger partial charge < -0.3 is 5.11 Å². The average Bonchev–Trinajstić information content (AvgIpc) is 2.94. The predicted octanol–water partition coefficient (Wildman–Crippen LogP) is 3.94. The maximum atomic E-state index is 10.6. The summed E-state index contributed by atoms with van der Waals surface area (Å²) in [6.07, 6.45) is 8.70. The highest BCUT2D eigenvalue weighted by Crippen LogP contribution is 2.27. The van der Waals surface area contributed by atoms with E-state index in [2.05, 4.69) is 28.9 Å². The van der Waals surface area contributed by atoms with Gasteiger partial charge in [-0.1, -0.05) is 24.6 Å². The van der Waals surface area contributed by atoms with E-state index in [4.69, 9.17) is 10.2 Å². The van der Waals surface area contributed by atoms with E-state index in [1.54, 1.807) is 0 Å². The molecule has 0 bridgehead atoms. The van der Waals surface area contributed by atoms with Crippen LogP contribution in [0, 0.1) is 0 Å². The number of nitrogens with zero attached hydrogens (tertiary/aromatic N) is 2. The van der Waals surface area contributed by atoms with Crippen LogP contribution in [0.2, 0.25) is 0 Å². The molecule has 0 saturated carbocycles. The second kappa shape index (κ2) is 7.44. The highest BCUT2D eigenvalue weighted by Gasteiger charge is 2.21. The van der Waals surface area contributed by atoms with Crippen molar-refractivity contribution in [2.24, 2.45) is 0 Å². The van der Waals surface area contributed by atoms with Crippen molar-refractivity contribution in [3.8, 4) is 5.69 Å². The third-order valence-electron chi connectivity index (χ3n) is 4.57. The van der Waals surface area contributed by atoms with Crippen molar-refractivity contribution < 1.29 is 9.90 Å². The molecule has 122 valence electrons. The molecule has 1 aromatic carbocycles. The van der Waals surface area contributed by atoms with Crippen molar-refractivity contribution >= 4 is 5.97 Å². The Hall–Kier alpha value is -2.10. The molecular weight excluding hydrogens is 288 g/mol. The molecule has 1 aliphatic rings. The van der Waals surface area contributed by atoms with Crippen molar-refractivity contribution in [3.05, 3.63) is 47.3 Å². The normalized spacial score (nSPS) is 13.7. The molecule has 0 aliphatic heterocycles. The van der Waals surface area contributed by atoms with Crippen molar-refractivity contribution in [2.75, 3.05) is 0 Å². The van der Waals surface area contributed by atoms with Gasteiger partial charge in [0.15, 0.2) is 0 Å². The number of carboxylic acids is 1. The zero-order valence-electron chi connectivity index (χ0n) is 13.5. The van der Waals surface area contributed by atoms with Crippen LogP contribution in [0.4, 0.5) is 0 Å². The molecule has 23 heavy (non-hydrogen) atoms. The van der Waals surface area contributed by atoms with Gasteiger partial charge in [0.05, 0.1) is 11.4 Å². The zero-order chi connectivity index (χ0) is 16.1. The van der Waals surface area contributed by atoms with Gasteiger partial charge in [-0.05, 0) is 62.6 Å². The summed E-state index contributed by atoms with van der Waals surface area (Å²) >= 11 is 0. The standard InChI is InChI=1S/C19H24N2O2/c22-19(23)14-6-2-5-12-17-16-11-7-8-13-18(16)21(20-17)15-9-3-1-4-10-15/h1,3-4,9-10H,2,5-8,11-14H2,(H,22,23). The van der Waals surface area contributed by atoms with Crippen LogP contribution in [0.15, 0.2) is 30.3 Å². The number of carboxylic acid groups (broad SMARTS) is 1. The maximum Gasteiger partial charge on any atom is 0.303 e. The molecule has 0 spiro atoms. The first-order valence-electron chi connectivity index (χ1n) is 8.62. The van der Waals surface area contributed by atoms with Gasteiger partial charge in [0.25, 0.3) is 0 Å². The Morgan fingerprint density at radius 1 is 1.09 bits per heavy atom. The molecule has 1 aliphatic carbocycles. The van der Waals surface area contributed by atoms with E-state index in [9.17, 15) is 4.79 Å². The van der Waals surface area contributed by atoms with Crippen LogP contribution in [0.3, 0.4) is 0 Å². The molecule has 3 rings (SSSR count). The Labute approximate surface area is 137 Å². The van der Waals surface area contributed by atoms with E-state index in [1.807, 2.05) is 6.07 Å². The number of fused-ring (bicyclic) bond motifs is 1. The van der Waals surface area contributed by atoms with E-state index in [0.717, 1.165) is 44.2 Å². The first kappa shape index (κ1) is 15.8. The molecule has 0 saturated heterocycles. The zero-order valence-corrected chi connectivity index (χ0v) is 13.5. The Kier molecular flexibility index (Phi) is 5.11. The van der Waals surface area contributed by atoms with Gasteiger partial charge in [0.2, 0.25) is 0 Å². The lowest BCUT2D eigenvalue weighted by Gasteiger charge is -2.14. The topological polar surface area (TPSA) is 55.1 Å². The monoisotopic (exact) mass is 312 g/mol. The third-order valence-corrected chi connectivity index (χ3v) is 4.57. The van der Waals surface area contributed by atoms with E-state index >= 15 is 0 Å². The number of para-hydroxylation sites is 1. The maximum absolute atomic E-state index is 10.6. The fourth-order valence-electron chi connectivity index (χ4n) is 3.40. The minimum absolute atomic E-state index is 0.274. The molecule has 0 fully saturated rings. The quantitative estimate of drug-likeness (QED) is 0.788. The highest BCUT2D eigenvalue weighted by molar-refractivity contribution is 5.66. The van der Waals surface area contributed by atoms with E-state index in [-0.39, 0.29) is 6.42 Å². The van der Waals surface area contributed by atoms with Crippen molar-refractivity contribution in [3.63, 3.8) is 0 Å². The molecule has 4 heteroatoms. The van der Waals surface area contributed by atoms with Crippen LogP contribution >= 0.6 is 0 Å². The van der Waals surface area contributed by atoms with Crippen LogP contribution in [-0.2, 0) is 24.1 Å². The summed E-state index contributed by atoms with van der Waals surface area (Å²) in [4.78, 5) is 10.6. The molecule has 2 aromatic rings. The van der Waals surface area contributed by atoms with Crippen LogP contribution in [0.1, 0.15) is 55.5 Å². The van der Waals surface area contributed by atoms with Crippen molar-refractivity contribution in [1.82, 2.24) is 9.78 Å².